The van der Waals surface area contributed by atoms with E-state index in [1.165, 1.54) is 0 Å². The van der Waals surface area contributed by atoms with Gasteiger partial charge in [0.1, 0.15) is 0 Å². The molecule has 1 aliphatic heterocycles. The first kappa shape index (κ1) is 14.3. The summed E-state index contributed by atoms with van der Waals surface area (Å²) in [4.78, 5) is 0.318. The van der Waals surface area contributed by atoms with Crippen molar-refractivity contribution in [2.75, 3.05) is 25.6 Å². The van der Waals surface area contributed by atoms with Crippen molar-refractivity contribution in [1.82, 2.24) is 4.72 Å². The Morgan fingerprint density at radius 2 is 2.26 bits per heavy atom. The zero-order valence-electron chi connectivity index (χ0n) is 11.3. The van der Waals surface area contributed by atoms with Gasteiger partial charge in [-0.1, -0.05) is 0 Å². The number of hydrogen-bond acceptors (Lipinski definition) is 4. The minimum absolute atomic E-state index is 0.246. The molecule has 1 aromatic carbocycles. The van der Waals surface area contributed by atoms with E-state index in [0.29, 0.717) is 11.5 Å². The minimum Gasteiger partial charge on any atom is -0.385 e. The molecule has 0 bridgehead atoms. The van der Waals surface area contributed by atoms with E-state index in [-0.39, 0.29) is 6.04 Å². The molecule has 5 nitrogen and oxygen atoms in total. The Hall–Kier alpha value is -1.11. The van der Waals surface area contributed by atoms with Crippen molar-refractivity contribution in [3.05, 3.63) is 23.8 Å². The van der Waals surface area contributed by atoms with Gasteiger partial charge in [-0.2, -0.15) is 0 Å². The quantitative estimate of drug-likeness (QED) is 0.856. The Bertz CT molecular complexity index is 543. The Kier molecular flexibility index (Phi) is 4.44. The summed E-state index contributed by atoms with van der Waals surface area (Å²) in [5, 5.41) is 3.27. The van der Waals surface area contributed by atoms with Crippen LogP contribution in [-0.2, 0) is 21.2 Å². The third-order valence-electron chi connectivity index (χ3n) is 3.10. The summed E-state index contributed by atoms with van der Waals surface area (Å²) in [7, 11) is -1.92. The second-order valence-electron chi connectivity index (χ2n) is 4.83. The molecule has 1 heterocycles. The molecule has 0 amide bonds. The van der Waals surface area contributed by atoms with Crippen LogP contribution in [-0.4, -0.2) is 34.7 Å². The van der Waals surface area contributed by atoms with Crippen LogP contribution in [0.1, 0.15) is 18.9 Å². The van der Waals surface area contributed by atoms with Gasteiger partial charge in [-0.15, -0.1) is 0 Å². The molecule has 0 aromatic heterocycles. The van der Waals surface area contributed by atoms with Gasteiger partial charge in [-0.25, -0.2) is 13.1 Å². The summed E-state index contributed by atoms with van der Waals surface area (Å²) in [5.41, 5.74) is 2.10. The fraction of sp³-hybridized carbons (Fsp3) is 0.538. The van der Waals surface area contributed by atoms with E-state index in [0.717, 1.165) is 30.6 Å². The SMILES string of the molecule is COCC(C)NS(=O)(=O)c1ccc2c(c1)CCCN2. The molecule has 0 spiro atoms. The zero-order valence-corrected chi connectivity index (χ0v) is 12.1. The summed E-state index contributed by atoms with van der Waals surface area (Å²) < 4.78 is 32.0. The van der Waals surface area contributed by atoms with Crippen molar-refractivity contribution in [3.63, 3.8) is 0 Å². The third-order valence-corrected chi connectivity index (χ3v) is 4.69. The van der Waals surface area contributed by atoms with Crippen LogP contribution in [0.5, 0.6) is 0 Å². The van der Waals surface area contributed by atoms with Crippen LogP contribution in [0.4, 0.5) is 5.69 Å². The van der Waals surface area contributed by atoms with Crippen LogP contribution in [0.15, 0.2) is 23.1 Å². The molecular formula is C13H20N2O3S. The van der Waals surface area contributed by atoms with E-state index in [9.17, 15) is 8.42 Å². The van der Waals surface area contributed by atoms with Crippen molar-refractivity contribution >= 4 is 15.7 Å². The highest BCUT2D eigenvalue weighted by molar-refractivity contribution is 7.89. The molecule has 2 N–H and O–H groups in total. The van der Waals surface area contributed by atoms with E-state index in [1.54, 1.807) is 26.2 Å². The Morgan fingerprint density at radius 1 is 1.47 bits per heavy atom. The standard InChI is InChI=1S/C13H20N2O3S/c1-10(9-18-2)15-19(16,17)12-5-6-13-11(8-12)4-3-7-14-13/h5-6,8,10,14-15H,3-4,7,9H2,1-2H3. The fourth-order valence-electron chi connectivity index (χ4n) is 2.24. The smallest absolute Gasteiger partial charge is 0.240 e. The van der Waals surface area contributed by atoms with Crippen LogP contribution in [0.2, 0.25) is 0 Å². The molecule has 106 valence electrons. The van der Waals surface area contributed by atoms with Gasteiger partial charge in [-0.05, 0) is 43.5 Å². The van der Waals surface area contributed by atoms with Gasteiger partial charge < -0.3 is 10.1 Å². The number of anilines is 1. The number of fused-ring (bicyclic) bond motifs is 1. The highest BCUT2D eigenvalue weighted by atomic mass is 32.2. The molecular weight excluding hydrogens is 264 g/mol. The first-order valence-electron chi connectivity index (χ1n) is 6.41. The molecule has 1 atom stereocenters. The molecule has 0 aliphatic carbocycles. The van der Waals surface area contributed by atoms with E-state index in [4.69, 9.17) is 4.74 Å². The number of hydrogen-bond donors (Lipinski definition) is 2. The zero-order chi connectivity index (χ0) is 13.9. The van der Waals surface area contributed by atoms with Crippen molar-refractivity contribution in [2.24, 2.45) is 0 Å². The van der Waals surface area contributed by atoms with Gasteiger partial charge in [0, 0.05) is 25.4 Å². The molecule has 0 fully saturated rings. The normalized spacial score (nSPS) is 16.5. The monoisotopic (exact) mass is 284 g/mol. The van der Waals surface area contributed by atoms with Gasteiger partial charge in [0.2, 0.25) is 10.0 Å². The number of aryl methyl sites for hydroxylation is 1. The Labute approximate surface area is 114 Å². The summed E-state index contributed by atoms with van der Waals surface area (Å²) in [6, 6.07) is 4.98. The van der Waals surface area contributed by atoms with Crippen LogP contribution in [0.25, 0.3) is 0 Å². The molecule has 1 unspecified atom stereocenters. The fourth-order valence-corrected chi connectivity index (χ4v) is 3.51. The Balaban J connectivity index is 2.21. The van der Waals surface area contributed by atoms with E-state index in [1.807, 2.05) is 6.07 Å². The summed E-state index contributed by atoms with van der Waals surface area (Å²) in [6.07, 6.45) is 1.95. The lowest BCUT2D eigenvalue weighted by Crippen LogP contribution is -2.35. The highest BCUT2D eigenvalue weighted by Crippen LogP contribution is 2.24. The second-order valence-corrected chi connectivity index (χ2v) is 6.54. The molecule has 2 rings (SSSR count). The van der Waals surface area contributed by atoms with E-state index < -0.39 is 10.0 Å². The number of methoxy groups -OCH3 is 1. The van der Waals surface area contributed by atoms with Gasteiger partial charge in [0.05, 0.1) is 11.5 Å². The number of sulfonamides is 1. The molecule has 1 aromatic rings. The number of rotatable bonds is 5. The molecule has 19 heavy (non-hydrogen) atoms. The first-order valence-corrected chi connectivity index (χ1v) is 7.89. The van der Waals surface area contributed by atoms with Gasteiger partial charge in [0.25, 0.3) is 0 Å². The molecule has 0 saturated carbocycles. The highest BCUT2D eigenvalue weighted by Gasteiger charge is 2.19. The lowest BCUT2D eigenvalue weighted by atomic mass is 10.0. The number of benzene rings is 1. The van der Waals surface area contributed by atoms with Crippen LogP contribution >= 0.6 is 0 Å². The molecule has 1 aliphatic rings. The maximum atomic E-state index is 12.2. The molecule has 0 saturated heterocycles. The van der Waals surface area contributed by atoms with Crippen molar-refractivity contribution in [3.8, 4) is 0 Å². The Morgan fingerprint density at radius 3 is 3.00 bits per heavy atom. The van der Waals surface area contributed by atoms with E-state index >= 15 is 0 Å². The van der Waals surface area contributed by atoms with Gasteiger partial charge in [0.15, 0.2) is 0 Å². The van der Waals surface area contributed by atoms with Crippen molar-refractivity contribution in [2.45, 2.75) is 30.7 Å². The summed E-state index contributed by atoms with van der Waals surface area (Å²) in [5.74, 6) is 0. The van der Waals surface area contributed by atoms with Crippen LogP contribution in [0, 0.1) is 0 Å². The average molecular weight is 284 g/mol. The predicted octanol–water partition coefficient (Wildman–Crippen LogP) is 1.36. The number of ether oxygens (including phenoxy) is 1. The topological polar surface area (TPSA) is 67.4 Å². The lowest BCUT2D eigenvalue weighted by molar-refractivity contribution is 0.180. The second kappa shape index (κ2) is 5.90. The van der Waals surface area contributed by atoms with Crippen molar-refractivity contribution in [1.29, 1.82) is 0 Å². The molecule has 6 heteroatoms. The van der Waals surface area contributed by atoms with Gasteiger partial charge in [-0.3, -0.25) is 0 Å². The maximum Gasteiger partial charge on any atom is 0.240 e. The van der Waals surface area contributed by atoms with Crippen molar-refractivity contribution < 1.29 is 13.2 Å². The summed E-state index contributed by atoms with van der Waals surface area (Å²) >= 11 is 0. The molecule has 0 radical (unpaired) electrons. The van der Waals surface area contributed by atoms with Gasteiger partial charge >= 0.3 is 0 Å². The van der Waals surface area contributed by atoms with Crippen LogP contribution in [0.3, 0.4) is 0 Å². The predicted molar refractivity (Wildman–Crippen MR) is 74.9 cm³/mol. The van der Waals surface area contributed by atoms with E-state index in [2.05, 4.69) is 10.0 Å². The average Bonchev–Trinajstić information content (AvgIpc) is 2.37. The minimum atomic E-state index is -3.47. The van der Waals surface area contributed by atoms with Crippen LogP contribution < -0.4 is 10.0 Å². The maximum absolute atomic E-state index is 12.2. The number of nitrogens with one attached hydrogen (secondary N) is 2. The largest absolute Gasteiger partial charge is 0.385 e. The lowest BCUT2D eigenvalue weighted by Gasteiger charge is -2.19. The first-order chi connectivity index (χ1) is 9.03. The summed E-state index contributed by atoms with van der Waals surface area (Å²) in [6.45, 7) is 3.08. The third kappa shape index (κ3) is 3.46.